The van der Waals surface area contributed by atoms with Crippen LogP contribution in [-0.4, -0.2) is 32.9 Å². The third-order valence-corrected chi connectivity index (χ3v) is 6.12. The molecule has 5 nitrogen and oxygen atoms in total. The third-order valence-electron chi connectivity index (χ3n) is 6.12. The molecule has 2 N–H and O–H groups in total. The van der Waals surface area contributed by atoms with Gasteiger partial charge in [-0.2, -0.15) is 0 Å². The zero-order chi connectivity index (χ0) is 19.3. The van der Waals surface area contributed by atoms with Crippen LogP contribution in [-0.2, 0) is 0 Å². The number of nitrogens with zero attached hydrogens (tertiary/aromatic N) is 3. The number of aromatic nitrogens is 4. The maximum Gasteiger partial charge on any atom is 0.0874 e. The summed E-state index contributed by atoms with van der Waals surface area (Å²) in [6, 6.07) is 11.4. The highest BCUT2D eigenvalue weighted by atomic mass is 15.4. The van der Waals surface area contributed by atoms with Crippen molar-refractivity contribution >= 4 is 16.4 Å². The van der Waals surface area contributed by atoms with Gasteiger partial charge < -0.3 is 10.3 Å². The highest BCUT2D eigenvalue weighted by Crippen LogP contribution is 2.38. The first-order chi connectivity index (χ1) is 13.6. The molecule has 0 spiro atoms. The fourth-order valence-electron chi connectivity index (χ4n) is 4.71. The number of aromatic amines is 1. The predicted octanol–water partition coefficient (Wildman–Crippen LogP) is 4.78. The number of aryl methyl sites for hydroxylation is 1. The summed E-state index contributed by atoms with van der Waals surface area (Å²) < 4.78 is 1.89. The highest BCUT2D eigenvalue weighted by Gasteiger charge is 2.20. The van der Waals surface area contributed by atoms with Crippen LogP contribution in [0.2, 0.25) is 0 Å². The molecule has 0 aliphatic carbocycles. The Morgan fingerprint density at radius 1 is 1.11 bits per heavy atom. The summed E-state index contributed by atoms with van der Waals surface area (Å²) in [5.41, 5.74) is 8.65. The Balaban J connectivity index is 1.68. The summed E-state index contributed by atoms with van der Waals surface area (Å²) in [5.74, 6) is 1.10. The van der Waals surface area contributed by atoms with Crippen molar-refractivity contribution in [1.82, 2.24) is 25.1 Å². The topological polar surface area (TPSA) is 58.0 Å². The van der Waals surface area contributed by atoms with Gasteiger partial charge in [0.25, 0.3) is 0 Å². The Kier molecular flexibility index (Phi) is 4.20. The van der Waals surface area contributed by atoms with E-state index in [9.17, 15) is 0 Å². The second kappa shape index (κ2) is 6.74. The van der Waals surface area contributed by atoms with Gasteiger partial charge in [0.2, 0.25) is 0 Å². The fourth-order valence-corrected chi connectivity index (χ4v) is 4.71. The van der Waals surface area contributed by atoms with Gasteiger partial charge in [-0.05, 0) is 80.1 Å². The van der Waals surface area contributed by atoms with Crippen molar-refractivity contribution in [2.75, 3.05) is 13.1 Å². The smallest absolute Gasteiger partial charge is 0.0874 e. The summed E-state index contributed by atoms with van der Waals surface area (Å²) in [5, 5.41) is 13.1. The van der Waals surface area contributed by atoms with Crippen molar-refractivity contribution in [1.29, 1.82) is 0 Å². The molecule has 144 valence electrons. The van der Waals surface area contributed by atoms with Crippen LogP contribution in [0.5, 0.6) is 0 Å². The van der Waals surface area contributed by atoms with E-state index in [4.69, 9.17) is 0 Å². The summed E-state index contributed by atoms with van der Waals surface area (Å²) in [7, 11) is 0. The molecule has 3 aromatic heterocycles. The number of nitrogens with one attached hydrogen (secondary N) is 2. The van der Waals surface area contributed by atoms with E-state index >= 15 is 0 Å². The molecule has 0 bridgehead atoms. The second-order valence-corrected chi connectivity index (χ2v) is 8.35. The van der Waals surface area contributed by atoms with Crippen LogP contribution in [0.1, 0.15) is 55.3 Å². The van der Waals surface area contributed by atoms with E-state index in [0.717, 1.165) is 24.3 Å². The Morgan fingerprint density at radius 3 is 2.71 bits per heavy atom. The molecule has 4 heterocycles. The van der Waals surface area contributed by atoms with Crippen LogP contribution in [0.25, 0.3) is 27.7 Å². The van der Waals surface area contributed by atoms with E-state index < -0.39 is 0 Å². The summed E-state index contributed by atoms with van der Waals surface area (Å²) >= 11 is 0. The zero-order valence-corrected chi connectivity index (χ0v) is 16.8. The molecule has 1 aromatic carbocycles. The molecule has 28 heavy (non-hydrogen) atoms. The SMILES string of the molecule is Cc1cc(-c2[nH]c3ccc(C4CCNCC4)cc3c2C(C)C)cc2cnnn12. The number of benzene rings is 1. The van der Waals surface area contributed by atoms with E-state index in [1.807, 2.05) is 10.7 Å². The van der Waals surface area contributed by atoms with E-state index in [0.29, 0.717) is 11.8 Å². The monoisotopic (exact) mass is 373 g/mol. The van der Waals surface area contributed by atoms with Gasteiger partial charge in [-0.25, -0.2) is 4.52 Å². The van der Waals surface area contributed by atoms with Gasteiger partial charge >= 0.3 is 0 Å². The Bertz CT molecular complexity index is 1140. The molecule has 5 rings (SSSR count). The van der Waals surface area contributed by atoms with Crippen LogP contribution >= 0.6 is 0 Å². The lowest BCUT2D eigenvalue weighted by molar-refractivity contribution is 0.460. The average molecular weight is 374 g/mol. The number of hydrogen-bond donors (Lipinski definition) is 2. The van der Waals surface area contributed by atoms with Crippen molar-refractivity contribution in [3.8, 4) is 11.3 Å². The van der Waals surface area contributed by atoms with Crippen molar-refractivity contribution in [2.45, 2.75) is 45.4 Å². The number of rotatable bonds is 3. The summed E-state index contributed by atoms with van der Waals surface area (Å²) in [6.07, 6.45) is 4.27. The molecular formula is C23H27N5. The first-order valence-corrected chi connectivity index (χ1v) is 10.3. The number of piperidine rings is 1. The van der Waals surface area contributed by atoms with E-state index in [2.05, 4.69) is 71.7 Å². The maximum absolute atomic E-state index is 4.17. The van der Waals surface area contributed by atoms with Gasteiger partial charge in [0.15, 0.2) is 0 Å². The van der Waals surface area contributed by atoms with E-state index in [1.165, 1.54) is 46.1 Å². The van der Waals surface area contributed by atoms with E-state index in [1.54, 1.807) is 0 Å². The first-order valence-electron chi connectivity index (χ1n) is 10.3. The lowest BCUT2D eigenvalue weighted by Gasteiger charge is -2.23. The molecular weight excluding hydrogens is 346 g/mol. The van der Waals surface area contributed by atoms with Gasteiger partial charge in [0.05, 0.1) is 17.4 Å². The van der Waals surface area contributed by atoms with Crippen LogP contribution in [0.3, 0.4) is 0 Å². The van der Waals surface area contributed by atoms with Gasteiger partial charge in [0.1, 0.15) is 0 Å². The summed E-state index contributed by atoms with van der Waals surface area (Å²) in [6.45, 7) is 8.90. The minimum absolute atomic E-state index is 0.437. The lowest BCUT2D eigenvalue weighted by Crippen LogP contribution is -2.26. The van der Waals surface area contributed by atoms with Gasteiger partial charge in [-0.15, -0.1) is 5.10 Å². The predicted molar refractivity (Wildman–Crippen MR) is 114 cm³/mol. The van der Waals surface area contributed by atoms with Crippen molar-refractivity contribution in [3.63, 3.8) is 0 Å². The molecule has 4 aromatic rings. The average Bonchev–Trinajstić information content (AvgIpc) is 3.32. The second-order valence-electron chi connectivity index (χ2n) is 8.35. The Labute approximate surface area is 165 Å². The molecule has 5 heteroatoms. The first kappa shape index (κ1) is 17.4. The Morgan fingerprint density at radius 2 is 1.93 bits per heavy atom. The van der Waals surface area contributed by atoms with Crippen molar-refractivity contribution in [3.05, 3.63) is 53.3 Å². The largest absolute Gasteiger partial charge is 0.354 e. The number of H-pyrrole nitrogens is 1. The molecule has 0 amide bonds. The molecule has 0 atom stereocenters. The van der Waals surface area contributed by atoms with Crippen LogP contribution in [0, 0.1) is 6.92 Å². The minimum atomic E-state index is 0.437. The molecule has 0 radical (unpaired) electrons. The van der Waals surface area contributed by atoms with Crippen molar-refractivity contribution in [2.24, 2.45) is 0 Å². The van der Waals surface area contributed by atoms with Gasteiger partial charge in [0, 0.05) is 22.2 Å². The number of fused-ring (bicyclic) bond motifs is 2. The Hall–Kier alpha value is -2.66. The van der Waals surface area contributed by atoms with Crippen LogP contribution < -0.4 is 5.32 Å². The van der Waals surface area contributed by atoms with Crippen molar-refractivity contribution < 1.29 is 0 Å². The highest BCUT2D eigenvalue weighted by molar-refractivity contribution is 5.92. The fraction of sp³-hybridized carbons (Fsp3) is 0.391. The minimum Gasteiger partial charge on any atom is -0.354 e. The molecule has 1 fully saturated rings. The standard InChI is InChI=1S/C23H27N5/c1-14(2)22-20-12-17(16-6-8-24-9-7-16)4-5-21(20)26-23(22)18-10-15(3)28-19(11-18)13-25-27-28/h4-5,10-14,16,24,26H,6-9H2,1-3H3. The normalized spacial score (nSPS) is 15.9. The van der Waals surface area contributed by atoms with Gasteiger partial charge in [-0.3, -0.25) is 0 Å². The quantitative estimate of drug-likeness (QED) is 0.543. The summed E-state index contributed by atoms with van der Waals surface area (Å²) in [4.78, 5) is 3.71. The number of hydrogen-bond acceptors (Lipinski definition) is 3. The maximum atomic E-state index is 4.17. The van der Waals surface area contributed by atoms with Gasteiger partial charge in [-0.1, -0.05) is 25.1 Å². The molecule has 1 saturated heterocycles. The lowest BCUT2D eigenvalue weighted by atomic mass is 9.88. The zero-order valence-electron chi connectivity index (χ0n) is 16.8. The molecule has 0 unspecified atom stereocenters. The number of pyridine rings is 1. The molecule has 1 aliphatic rings. The van der Waals surface area contributed by atoms with E-state index in [-0.39, 0.29) is 0 Å². The molecule has 1 aliphatic heterocycles. The molecule has 0 saturated carbocycles. The van der Waals surface area contributed by atoms with Crippen LogP contribution in [0.15, 0.2) is 36.5 Å². The third kappa shape index (κ3) is 2.81. The van der Waals surface area contributed by atoms with Crippen LogP contribution in [0.4, 0.5) is 0 Å².